The number of carbonyl (C=O) groups excluding carboxylic acids is 1. The van der Waals surface area contributed by atoms with Gasteiger partial charge >= 0.3 is 5.97 Å². The van der Waals surface area contributed by atoms with Crippen LogP contribution in [0.2, 0.25) is 0 Å². The van der Waals surface area contributed by atoms with Crippen molar-refractivity contribution in [3.63, 3.8) is 0 Å². The number of carbonyl (C=O) groups is 1. The van der Waals surface area contributed by atoms with Crippen LogP contribution in [0.15, 0.2) is 21.7 Å². The second kappa shape index (κ2) is 3.92. The van der Waals surface area contributed by atoms with Gasteiger partial charge in [0.15, 0.2) is 4.75 Å². The topological polar surface area (TPSA) is 35.5 Å². The molecular formula is C9H10O3S2. The maximum atomic E-state index is 11.5. The number of hydrogen-bond acceptors (Lipinski definition) is 5. The Morgan fingerprint density at radius 3 is 2.93 bits per heavy atom. The Bertz CT molecular complexity index is 317. The Kier molecular flexibility index (Phi) is 2.80. The van der Waals surface area contributed by atoms with Crippen LogP contribution < -0.4 is 0 Å². The highest BCUT2D eigenvalue weighted by Gasteiger charge is 2.48. The number of thioether (sulfide) groups is 1. The molecule has 1 aromatic rings. The lowest BCUT2D eigenvalue weighted by Gasteiger charge is -2.37. The average molecular weight is 230 g/mol. The first kappa shape index (κ1) is 10.0. The summed E-state index contributed by atoms with van der Waals surface area (Å²) in [6, 6.07) is 3.97. The molecule has 0 radical (unpaired) electrons. The molecule has 5 heteroatoms. The van der Waals surface area contributed by atoms with Crippen LogP contribution in [0, 0.1) is 0 Å². The zero-order valence-electron chi connectivity index (χ0n) is 7.69. The van der Waals surface area contributed by atoms with Gasteiger partial charge in [-0.1, -0.05) is 17.8 Å². The molecule has 2 heterocycles. The monoisotopic (exact) mass is 230 g/mol. The van der Waals surface area contributed by atoms with E-state index in [1.807, 2.05) is 17.5 Å². The van der Waals surface area contributed by atoms with Gasteiger partial charge in [-0.3, -0.25) is 4.79 Å². The Morgan fingerprint density at radius 1 is 1.71 bits per heavy atom. The lowest BCUT2D eigenvalue weighted by molar-refractivity contribution is -0.155. The molecule has 0 N–H and O–H groups in total. The molecule has 1 fully saturated rings. The molecule has 0 saturated carbocycles. The number of ether oxygens (including phenoxy) is 2. The van der Waals surface area contributed by atoms with E-state index in [0.29, 0.717) is 13.2 Å². The van der Waals surface area contributed by atoms with Gasteiger partial charge in [-0.05, 0) is 11.4 Å². The normalized spacial score (nSPS) is 18.6. The third-order valence-corrected chi connectivity index (χ3v) is 4.35. The van der Waals surface area contributed by atoms with Crippen molar-refractivity contribution in [1.82, 2.24) is 0 Å². The van der Waals surface area contributed by atoms with E-state index in [1.165, 1.54) is 18.9 Å². The minimum Gasteiger partial charge on any atom is -0.468 e. The fourth-order valence-electron chi connectivity index (χ4n) is 1.21. The molecule has 0 amide bonds. The molecule has 1 aliphatic rings. The van der Waals surface area contributed by atoms with Crippen molar-refractivity contribution in [2.24, 2.45) is 0 Å². The first-order chi connectivity index (χ1) is 6.77. The van der Waals surface area contributed by atoms with Gasteiger partial charge in [0.25, 0.3) is 0 Å². The summed E-state index contributed by atoms with van der Waals surface area (Å²) in [5, 5.41) is 1.99. The highest BCUT2D eigenvalue weighted by atomic mass is 32.2. The molecule has 1 aliphatic heterocycles. The average Bonchev–Trinajstić information content (AvgIpc) is 2.62. The lowest BCUT2D eigenvalue weighted by Crippen LogP contribution is -2.53. The molecule has 14 heavy (non-hydrogen) atoms. The summed E-state index contributed by atoms with van der Waals surface area (Å²) in [7, 11) is 1.41. The Morgan fingerprint density at radius 2 is 2.50 bits per heavy atom. The first-order valence-corrected chi connectivity index (χ1v) is 5.85. The van der Waals surface area contributed by atoms with Crippen molar-refractivity contribution in [3.8, 4) is 0 Å². The standard InChI is InChI=1S/C9H10O3S2/c1-11-8(10)9(5-12-6-9)14-7-3-2-4-13-7/h2-4H,5-6H2,1H3. The zero-order chi connectivity index (χ0) is 10.0. The minimum absolute atomic E-state index is 0.192. The number of rotatable bonds is 3. The molecule has 1 aromatic heterocycles. The molecule has 0 atom stereocenters. The van der Waals surface area contributed by atoms with E-state index >= 15 is 0 Å². The van der Waals surface area contributed by atoms with Gasteiger partial charge in [0.05, 0.1) is 24.5 Å². The van der Waals surface area contributed by atoms with E-state index in [2.05, 4.69) is 0 Å². The predicted octanol–water partition coefficient (Wildman–Crippen LogP) is 1.78. The summed E-state index contributed by atoms with van der Waals surface area (Å²) in [6.07, 6.45) is 0. The van der Waals surface area contributed by atoms with Crippen LogP contribution in [-0.4, -0.2) is 31.0 Å². The predicted molar refractivity (Wildman–Crippen MR) is 55.7 cm³/mol. The molecule has 1 saturated heterocycles. The van der Waals surface area contributed by atoms with E-state index in [9.17, 15) is 4.79 Å². The fraction of sp³-hybridized carbons (Fsp3) is 0.444. The molecule has 0 spiro atoms. The van der Waals surface area contributed by atoms with E-state index < -0.39 is 4.75 Å². The van der Waals surface area contributed by atoms with Gasteiger partial charge < -0.3 is 9.47 Å². The van der Waals surface area contributed by atoms with Crippen molar-refractivity contribution < 1.29 is 14.3 Å². The smallest absolute Gasteiger partial charge is 0.327 e. The van der Waals surface area contributed by atoms with Crippen LogP contribution >= 0.6 is 23.1 Å². The van der Waals surface area contributed by atoms with E-state index in [4.69, 9.17) is 9.47 Å². The Balaban J connectivity index is 2.10. The number of hydrogen-bond donors (Lipinski definition) is 0. The van der Waals surface area contributed by atoms with E-state index in [1.54, 1.807) is 11.3 Å². The van der Waals surface area contributed by atoms with E-state index in [-0.39, 0.29) is 5.97 Å². The van der Waals surface area contributed by atoms with Crippen LogP contribution in [0.25, 0.3) is 0 Å². The van der Waals surface area contributed by atoms with Crippen molar-refractivity contribution >= 4 is 29.1 Å². The van der Waals surface area contributed by atoms with E-state index in [0.717, 1.165) is 4.21 Å². The van der Waals surface area contributed by atoms with Crippen molar-refractivity contribution in [2.45, 2.75) is 8.96 Å². The molecule has 0 aromatic carbocycles. The molecular weight excluding hydrogens is 220 g/mol. The van der Waals surface area contributed by atoms with Crippen LogP contribution in [0.4, 0.5) is 0 Å². The number of thiophene rings is 1. The first-order valence-electron chi connectivity index (χ1n) is 4.15. The zero-order valence-corrected chi connectivity index (χ0v) is 9.32. The summed E-state index contributed by atoms with van der Waals surface area (Å²) >= 11 is 3.16. The molecule has 2 rings (SSSR count). The van der Waals surface area contributed by atoms with Gasteiger partial charge in [0.2, 0.25) is 0 Å². The summed E-state index contributed by atoms with van der Waals surface area (Å²) in [6.45, 7) is 0.893. The summed E-state index contributed by atoms with van der Waals surface area (Å²) < 4.78 is 10.5. The highest BCUT2D eigenvalue weighted by Crippen LogP contribution is 2.41. The van der Waals surface area contributed by atoms with Gasteiger partial charge in [0.1, 0.15) is 0 Å². The SMILES string of the molecule is COC(=O)C1(Sc2cccs2)COC1. The van der Waals surface area contributed by atoms with Crippen LogP contribution in [0.5, 0.6) is 0 Å². The summed E-state index contributed by atoms with van der Waals surface area (Å²) in [5.74, 6) is -0.192. The maximum Gasteiger partial charge on any atom is 0.327 e. The van der Waals surface area contributed by atoms with Crippen LogP contribution in [-0.2, 0) is 14.3 Å². The summed E-state index contributed by atoms with van der Waals surface area (Å²) in [5.41, 5.74) is 0. The second-order valence-corrected chi connectivity index (χ2v) is 5.64. The third-order valence-electron chi connectivity index (χ3n) is 2.02. The van der Waals surface area contributed by atoms with Crippen molar-refractivity contribution in [1.29, 1.82) is 0 Å². The maximum absolute atomic E-state index is 11.5. The van der Waals surface area contributed by atoms with Crippen molar-refractivity contribution in [2.75, 3.05) is 20.3 Å². The molecule has 3 nitrogen and oxygen atoms in total. The molecule has 0 aliphatic carbocycles. The third kappa shape index (κ3) is 1.67. The molecule has 0 unspecified atom stereocenters. The second-order valence-electron chi connectivity index (χ2n) is 3.01. The lowest BCUT2D eigenvalue weighted by atomic mass is 10.1. The molecule has 0 bridgehead atoms. The van der Waals surface area contributed by atoms with Gasteiger partial charge in [-0.25, -0.2) is 0 Å². The Hall–Kier alpha value is -0.520. The van der Waals surface area contributed by atoms with Crippen molar-refractivity contribution in [3.05, 3.63) is 17.5 Å². The fourth-order valence-corrected chi connectivity index (χ4v) is 3.47. The largest absolute Gasteiger partial charge is 0.468 e. The van der Waals surface area contributed by atoms with Crippen LogP contribution in [0.3, 0.4) is 0 Å². The van der Waals surface area contributed by atoms with Crippen LogP contribution in [0.1, 0.15) is 0 Å². The van der Waals surface area contributed by atoms with Gasteiger partial charge in [-0.15, -0.1) is 11.3 Å². The Labute approximate surface area is 90.4 Å². The molecule has 76 valence electrons. The highest BCUT2D eigenvalue weighted by molar-refractivity contribution is 8.03. The number of methoxy groups -OCH3 is 1. The van der Waals surface area contributed by atoms with Gasteiger partial charge in [-0.2, -0.15) is 0 Å². The quantitative estimate of drug-likeness (QED) is 0.742. The number of esters is 1. The van der Waals surface area contributed by atoms with Gasteiger partial charge in [0, 0.05) is 0 Å². The summed E-state index contributed by atoms with van der Waals surface area (Å²) in [4.78, 5) is 11.5. The minimum atomic E-state index is -0.500.